The van der Waals surface area contributed by atoms with Gasteiger partial charge in [0, 0.05) is 24.6 Å². The number of fused-ring (bicyclic) bond motifs is 1. The van der Waals surface area contributed by atoms with Gasteiger partial charge in [-0.25, -0.2) is 9.46 Å². The molecule has 3 aliphatic rings. The molecule has 4 rings (SSSR count). The van der Waals surface area contributed by atoms with Crippen LogP contribution in [0.2, 0.25) is 0 Å². The molecule has 3 heterocycles. The Bertz CT molecular complexity index is 895. The molecule has 1 saturated carbocycles. The average Bonchev–Trinajstić information content (AvgIpc) is 3.26. The second-order valence-corrected chi connectivity index (χ2v) is 11.0. The van der Waals surface area contributed by atoms with Crippen molar-refractivity contribution >= 4 is 20.3 Å². The van der Waals surface area contributed by atoms with Crippen LogP contribution in [0.1, 0.15) is 72.4 Å². The summed E-state index contributed by atoms with van der Waals surface area (Å²) in [6.07, 6.45) is 6.84. The molecule has 0 aromatic carbocycles. The lowest BCUT2D eigenvalue weighted by molar-refractivity contribution is -0.118. The highest BCUT2D eigenvalue weighted by Gasteiger charge is 2.53. The van der Waals surface area contributed by atoms with Crippen LogP contribution in [0.25, 0.3) is 0 Å². The minimum atomic E-state index is -1.16. The molecule has 0 radical (unpaired) electrons. The van der Waals surface area contributed by atoms with Crippen molar-refractivity contribution in [1.29, 1.82) is 0 Å². The second kappa shape index (κ2) is 9.47. The lowest BCUT2D eigenvalue weighted by Crippen LogP contribution is -2.43. The molecule has 1 N–H and O–H groups in total. The molecule has 6 atom stereocenters. The van der Waals surface area contributed by atoms with Gasteiger partial charge in [0.05, 0.1) is 17.8 Å². The third-order valence-corrected chi connectivity index (χ3v) is 8.64. The van der Waals surface area contributed by atoms with E-state index in [4.69, 9.17) is 13.8 Å². The highest BCUT2D eigenvalue weighted by Crippen LogP contribution is 2.60. The van der Waals surface area contributed by atoms with E-state index in [0.29, 0.717) is 12.5 Å². The SMILES string of the molecule is CC[C@H]1O[C@@H](n2ccc(NC(=O)C(C)C)nc2=O)CC1OP1O[C@@]2(C)CCCC[C@@H]2N1C. The lowest BCUT2D eigenvalue weighted by atomic mass is 9.82. The molecular formula is C22H35N4O5P. The molecule has 1 aromatic heterocycles. The standard InChI is InChI=1S/C22H35N4O5P/c1-6-15-16(30-32-25(5)17-9-7-8-11-22(17,4)31-32)13-19(29-15)26-12-10-18(24-21(26)28)23-20(27)14(2)3/h10,12,14-17,19H,6-9,11,13H2,1-5H3,(H,23,24,27,28)/t15-,16?,17+,19-,22+,32?/m1/s1. The first-order valence-corrected chi connectivity index (χ1v) is 12.8. The maximum Gasteiger partial charge on any atom is 0.351 e. The molecule has 1 aliphatic carbocycles. The first kappa shape index (κ1) is 23.8. The summed E-state index contributed by atoms with van der Waals surface area (Å²) < 4.78 is 22.9. The molecule has 10 heteroatoms. The van der Waals surface area contributed by atoms with Gasteiger partial charge in [-0.2, -0.15) is 4.98 Å². The van der Waals surface area contributed by atoms with E-state index in [9.17, 15) is 9.59 Å². The lowest BCUT2D eigenvalue weighted by Gasteiger charge is -2.35. The maximum atomic E-state index is 12.6. The Morgan fingerprint density at radius 1 is 1.44 bits per heavy atom. The van der Waals surface area contributed by atoms with E-state index >= 15 is 0 Å². The van der Waals surface area contributed by atoms with Gasteiger partial charge in [0.2, 0.25) is 5.91 Å². The van der Waals surface area contributed by atoms with Gasteiger partial charge in [-0.15, -0.1) is 0 Å². The van der Waals surface area contributed by atoms with Crippen LogP contribution in [0, 0.1) is 5.92 Å². The number of ether oxygens (including phenoxy) is 1. The fourth-order valence-electron chi connectivity index (χ4n) is 4.86. The topological polar surface area (TPSA) is 94.9 Å². The average molecular weight is 467 g/mol. The molecule has 9 nitrogen and oxygen atoms in total. The van der Waals surface area contributed by atoms with Crippen molar-refractivity contribution in [3.8, 4) is 0 Å². The van der Waals surface area contributed by atoms with Crippen LogP contribution < -0.4 is 11.0 Å². The highest BCUT2D eigenvalue weighted by atomic mass is 31.2. The van der Waals surface area contributed by atoms with E-state index in [0.717, 1.165) is 19.3 Å². The van der Waals surface area contributed by atoms with E-state index in [-0.39, 0.29) is 35.5 Å². The van der Waals surface area contributed by atoms with Gasteiger partial charge < -0.3 is 19.1 Å². The monoisotopic (exact) mass is 466 g/mol. The van der Waals surface area contributed by atoms with Crippen LogP contribution in [-0.4, -0.2) is 51.0 Å². The van der Waals surface area contributed by atoms with Crippen molar-refractivity contribution in [3.05, 3.63) is 22.7 Å². The van der Waals surface area contributed by atoms with E-state index in [1.165, 1.54) is 17.4 Å². The van der Waals surface area contributed by atoms with Crippen molar-refractivity contribution in [3.63, 3.8) is 0 Å². The fourth-order valence-corrected chi connectivity index (χ4v) is 6.79. The van der Waals surface area contributed by atoms with Gasteiger partial charge in [0.25, 0.3) is 8.53 Å². The van der Waals surface area contributed by atoms with E-state index in [1.807, 2.05) is 0 Å². The first-order valence-electron chi connectivity index (χ1n) is 11.7. The Hall–Kier alpha value is -1.38. The third-order valence-electron chi connectivity index (χ3n) is 6.83. The van der Waals surface area contributed by atoms with Gasteiger partial charge in [0.15, 0.2) is 0 Å². The zero-order valence-electron chi connectivity index (χ0n) is 19.6. The van der Waals surface area contributed by atoms with Gasteiger partial charge in [-0.3, -0.25) is 9.36 Å². The van der Waals surface area contributed by atoms with Gasteiger partial charge in [-0.1, -0.05) is 33.6 Å². The van der Waals surface area contributed by atoms with Crippen molar-refractivity contribution in [2.24, 2.45) is 5.92 Å². The van der Waals surface area contributed by atoms with E-state index in [1.54, 1.807) is 26.1 Å². The number of carbonyl (C=O) groups excluding carboxylic acids is 1. The molecule has 2 saturated heterocycles. The quantitative estimate of drug-likeness (QED) is 0.637. The van der Waals surface area contributed by atoms with Crippen molar-refractivity contribution < 1.29 is 18.6 Å². The number of aromatic nitrogens is 2. The molecule has 1 amide bonds. The number of anilines is 1. The number of rotatable bonds is 6. The van der Waals surface area contributed by atoms with Crippen molar-refractivity contribution in [1.82, 2.24) is 14.2 Å². The predicted octanol–water partition coefficient (Wildman–Crippen LogP) is 3.81. The molecule has 2 aliphatic heterocycles. The van der Waals surface area contributed by atoms with Crippen molar-refractivity contribution in [2.45, 2.75) is 96.3 Å². The molecule has 2 unspecified atom stereocenters. The number of nitrogens with zero attached hydrogens (tertiary/aromatic N) is 3. The summed E-state index contributed by atoms with van der Waals surface area (Å²) in [4.78, 5) is 28.5. The Labute approximate surface area is 190 Å². The minimum Gasteiger partial charge on any atom is -0.352 e. The van der Waals surface area contributed by atoms with Crippen LogP contribution in [0.3, 0.4) is 0 Å². The first-order chi connectivity index (χ1) is 15.2. The molecular weight excluding hydrogens is 431 g/mol. The number of amides is 1. The summed E-state index contributed by atoms with van der Waals surface area (Å²) in [5.74, 6) is -0.115. The van der Waals surface area contributed by atoms with Crippen molar-refractivity contribution in [2.75, 3.05) is 12.4 Å². The molecule has 32 heavy (non-hydrogen) atoms. The summed E-state index contributed by atoms with van der Waals surface area (Å²) in [5, 5.41) is 2.66. The predicted molar refractivity (Wildman–Crippen MR) is 122 cm³/mol. The number of hydrogen-bond donors (Lipinski definition) is 1. The number of nitrogens with one attached hydrogen (secondary N) is 1. The van der Waals surface area contributed by atoms with Gasteiger partial charge in [-0.05, 0) is 39.3 Å². The van der Waals surface area contributed by atoms with E-state index in [2.05, 4.69) is 35.9 Å². The zero-order valence-corrected chi connectivity index (χ0v) is 20.5. The molecule has 3 fully saturated rings. The summed E-state index contributed by atoms with van der Waals surface area (Å²) in [5.41, 5.74) is -0.596. The Balaban J connectivity index is 1.44. The molecule has 0 spiro atoms. The fraction of sp³-hybridized carbons (Fsp3) is 0.773. The number of likely N-dealkylation sites (N-methyl/N-ethyl adjacent to an activating group) is 1. The Kier molecular flexibility index (Phi) is 7.03. The molecule has 1 aromatic rings. The Morgan fingerprint density at radius 3 is 2.88 bits per heavy atom. The number of hydrogen-bond acceptors (Lipinski definition) is 7. The maximum absolute atomic E-state index is 12.6. The summed E-state index contributed by atoms with van der Waals surface area (Å²) in [7, 11) is 0.934. The largest absolute Gasteiger partial charge is 0.352 e. The van der Waals surface area contributed by atoms with Crippen LogP contribution in [0.5, 0.6) is 0 Å². The Morgan fingerprint density at radius 2 is 2.22 bits per heavy atom. The molecule has 178 valence electrons. The van der Waals surface area contributed by atoms with Crippen LogP contribution in [0.15, 0.2) is 17.1 Å². The normalized spacial score (nSPS) is 35.2. The van der Waals surface area contributed by atoms with Crippen LogP contribution in [0.4, 0.5) is 5.82 Å². The second-order valence-electron chi connectivity index (χ2n) is 9.54. The number of carbonyl (C=O) groups is 1. The summed E-state index contributed by atoms with van der Waals surface area (Å²) in [6, 6.07) is 2.02. The summed E-state index contributed by atoms with van der Waals surface area (Å²) in [6.45, 7) is 7.84. The van der Waals surface area contributed by atoms with Crippen LogP contribution >= 0.6 is 8.53 Å². The van der Waals surface area contributed by atoms with E-state index < -0.39 is 20.4 Å². The third kappa shape index (κ3) is 4.64. The van der Waals surface area contributed by atoms with Crippen LogP contribution in [-0.2, 0) is 18.6 Å². The van der Waals surface area contributed by atoms with Gasteiger partial charge in [0.1, 0.15) is 12.0 Å². The smallest absolute Gasteiger partial charge is 0.351 e. The minimum absolute atomic E-state index is 0.123. The highest BCUT2D eigenvalue weighted by molar-refractivity contribution is 7.45. The molecule has 0 bridgehead atoms. The zero-order chi connectivity index (χ0) is 23.0. The van der Waals surface area contributed by atoms with Gasteiger partial charge >= 0.3 is 5.69 Å². The summed E-state index contributed by atoms with van der Waals surface area (Å²) >= 11 is 0.